The molecule has 21 heavy (non-hydrogen) atoms. The van der Waals surface area contributed by atoms with Crippen LogP contribution in [0.2, 0.25) is 8.67 Å². The van der Waals surface area contributed by atoms with E-state index in [2.05, 4.69) is 5.32 Å². The van der Waals surface area contributed by atoms with Gasteiger partial charge in [-0.15, -0.1) is 11.3 Å². The third-order valence-corrected chi connectivity index (χ3v) is 4.08. The summed E-state index contributed by atoms with van der Waals surface area (Å²) in [5.74, 6) is -1.40. The summed E-state index contributed by atoms with van der Waals surface area (Å²) in [4.78, 5) is 23.0. The van der Waals surface area contributed by atoms with Crippen molar-refractivity contribution in [3.8, 4) is 5.75 Å². The number of benzene rings is 1. The van der Waals surface area contributed by atoms with Crippen molar-refractivity contribution < 1.29 is 19.4 Å². The van der Waals surface area contributed by atoms with E-state index in [0.717, 1.165) is 11.3 Å². The van der Waals surface area contributed by atoms with Crippen molar-refractivity contribution in [2.24, 2.45) is 0 Å². The SMILES string of the molecule is COc1cc(NC(=O)c2cc(Cl)sc2Cl)ccc1C(=O)O. The van der Waals surface area contributed by atoms with Gasteiger partial charge in [0.1, 0.15) is 15.6 Å². The number of ether oxygens (including phenoxy) is 1. The van der Waals surface area contributed by atoms with Crippen LogP contribution in [0.5, 0.6) is 5.75 Å². The van der Waals surface area contributed by atoms with E-state index in [-0.39, 0.29) is 21.2 Å². The van der Waals surface area contributed by atoms with E-state index in [1.807, 2.05) is 0 Å². The number of thiophene rings is 1. The van der Waals surface area contributed by atoms with Gasteiger partial charge in [-0.2, -0.15) is 0 Å². The average Bonchev–Trinajstić information content (AvgIpc) is 2.77. The van der Waals surface area contributed by atoms with Crippen molar-refractivity contribution in [1.29, 1.82) is 0 Å². The number of rotatable bonds is 4. The molecule has 1 aromatic heterocycles. The van der Waals surface area contributed by atoms with Crippen molar-refractivity contribution in [3.05, 3.63) is 44.1 Å². The zero-order valence-electron chi connectivity index (χ0n) is 10.6. The summed E-state index contributed by atoms with van der Waals surface area (Å²) < 4.78 is 5.68. The van der Waals surface area contributed by atoms with Gasteiger partial charge in [0.2, 0.25) is 0 Å². The summed E-state index contributed by atoms with van der Waals surface area (Å²) in [6, 6.07) is 5.70. The second-order valence-corrected chi connectivity index (χ2v) is 6.20. The number of halogens is 2. The Morgan fingerprint density at radius 3 is 2.48 bits per heavy atom. The van der Waals surface area contributed by atoms with Gasteiger partial charge in [0, 0.05) is 11.8 Å². The number of hydrogen-bond donors (Lipinski definition) is 2. The molecule has 0 fully saturated rings. The largest absolute Gasteiger partial charge is 0.496 e. The van der Waals surface area contributed by atoms with Crippen LogP contribution in [-0.4, -0.2) is 24.1 Å². The Morgan fingerprint density at radius 1 is 1.24 bits per heavy atom. The summed E-state index contributed by atoms with van der Waals surface area (Å²) in [5, 5.41) is 11.6. The van der Waals surface area contributed by atoms with Crippen molar-refractivity contribution in [1.82, 2.24) is 0 Å². The van der Waals surface area contributed by atoms with Crippen LogP contribution >= 0.6 is 34.5 Å². The lowest BCUT2D eigenvalue weighted by Gasteiger charge is -2.09. The van der Waals surface area contributed by atoms with Crippen molar-refractivity contribution >= 4 is 52.1 Å². The maximum atomic E-state index is 12.1. The number of hydrogen-bond acceptors (Lipinski definition) is 4. The minimum absolute atomic E-state index is 0.00658. The first-order valence-corrected chi connectivity index (χ1v) is 7.17. The number of methoxy groups -OCH3 is 1. The minimum atomic E-state index is -1.11. The molecule has 2 N–H and O–H groups in total. The molecule has 0 saturated carbocycles. The molecule has 1 amide bonds. The summed E-state index contributed by atoms with van der Waals surface area (Å²) in [6.07, 6.45) is 0. The Kier molecular flexibility index (Phi) is 4.72. The molecule has 2 rings (SSSR count). The predicted octanol–water partition coefficient (Wildman–Crippen LogP) is 4.01. The summed E-state index contributed by atoms with van der Waals surface area (Å²) in [7, 11) is 1.35. The van der Waals surface area contributed by atoms with Gasteiger partial charge in [-0.3, -0.25) is 4.79 Å². The first-order valence-electron chi connectivity index (χ1n) is 5.60. The molecule has 0 saturated heterocycles. The van der Waals surface area contributed by atoms with E-state index in [1.165, 1.54) is 31.4 Å². The molecule has 0 radical (unpaired) electrons. The van der Waals surface area contributed by atoms with Gasteiger partial charge < -0.3 is 15.2 Å². The van der Waals surface area contributed by atoms with E-state index in [4.69, 9.17) is 33.0 Å². The van der Waals surface area contributed by atoms with E-state index >= 15 is 0 Å². The standard InChI is InChI=1S/C13H9Cl2NO4S/c1-20-9-4-6(2-3-7(9)13(18)19)16-12(17)8-5-10(14)21-11(8)15/h2-5H,1H3,(H,16,17)(H,18,19). The first kappa shape index (κ1) is 15.6. The van der Waals surface area contributed by atoms with Crippen LogP contribution in [-0.2, 0) is 0 Å². The van der Waals surface area contributed by atoms with Gasteiger partial charge in [0.05, 0.1) is 17.0 Å². The highest BCUT2D eigenvalue weighted by molar-refractivity contribution is 7.20. The Morgan fingerprint density at radius 2 is 1.95 bits per heavy atom. The fourth-order valence-electron chi connectivity index (χ4n) is 1.64. The zero-order chi connectivity index (χ0) is 15.6. The van der Waals surface area contributed by atoms with E-state index in [9.17, 15) is 9.59 Å². The van der Waals surface area contributed by atoms with Gasteiger partial charge in [-0.1, -0.05) is 23.2 Å². The highest BCUT2D eigenvalue weighted by Crippen LogP contribution is 2.32. The van der Waals surface area contributed by atoms with Crippen molar-refractivity contribution in [3.63, 3.8) is 0 Å². The molecule has 110 valence electrons. The zero-order valence-corrected chi connectivity index (χ0v) is 13.0. The van der Waals surface area contributed by atoms with E-state index < -0.39 is 11.9 Å². The molecule has 0 bridgehead atoms. The second kappa shape index (κ2) is 6.34. The molecular formula is C13H9Cl2NO4S. The van der Waals surface area contributed by atoms with Crippen molar-refractivity contribution in [2.45, 2.75) is 0 Å². The number of anilines is 1. The molecule has 1 aromatic carbocycles. The monoisotopic (exact) mass is 345 g/mol. The Labute approximate surface area is 134 Å². The molecule has 0 atom stereocenters. The molecule has 1 heterocycles. The van der Waals surface area contributed by atoms with Crippen LogP contribution in [0.3, 0.4) is 0 Å². The van der Waals surface area contributed by atoms with Gasteiger partial charge in [-0.05, 0) is 18.2 Å². The van der Waals surface area contributed by atoms with Crippen LogP contribution < -0.4 is 10.1 Å². The lowest BCUT2D eigenvalue weighted by molar-refractivity contribution is 0.0693. The molecule has 5 nitrogen and oxygen atoms in total. The van der Waals surface area contributed by atoms with E-state index in [1.54, 1.807) is 0 Å². The Bertz CT molecular complexity index is 714. The molecule has 8 heteroatoms. The third-order valence-electron chi connectivity index (χ3n) is 2.59. The maximum Gasteiger partial charge on any atom is 0.339 e. The quantitative estimate of drug-likeness (QED) is 0.877. The number of nitrogens with one attached hydrogen (secondary N) is 1. The lowest BCUT2D eigenvalue weighted by Crippen LogP contribution is -2.12. The molecule has 0 aliphatic rings. The molecular weight excluding hydrogens is 337 g/mol. The first-order chi connectivity index (χ1) is 9.92. The fraction of sp³-hybridized carbons (Fsp3) is 0.0769. The molecule has 0 aliphatic carbocycles. The van der Waals surface area contributed by atoms with E-state index in [0.29, 0.717) is 10.0 Å². The highest BCUT2D eigenvalue weighted by atomic mass is 35.5. The normalized spacial score (nSPS) is 10.2. The number of carbonyl (C=O) groups is 2. The second-order valence-electron chi connectivity index (χ2n) is 3.91. The number of amides is 1. The Balaban J connectivity index is 2.26. The van der Waals surface area contributed by atoms with Gasteiger partial charge in [0.25, 0.3) is 5.91 Å². The van der Waals surface area contributed by atoms with Crippen LogP contribution in [0, 0.1) is 0 Å². The Hall–Kier alpha value is -1.76. The number of carbonyl (C=O) groups excluding carboxylic acids is 1. The van der Waals surface area contributed by atoms with Gasteiger partial charge in [0.15, 0.2) is 0 Å². The molecule has 0 spiro atoms. The number of carboxylic acids is 1. The molecule has 0 aliphatic heterocycles. The van der Waals surface area contributed by atoms with Gasteiger partial charge in [-0.25, -0.2) is 4.79 Å². The van der Waals surface area contributed by atoms with Crippen LogP contribution in [0.1, 0.15) is 20.7 Å². The van der Waals surface area contributed by atoms with Crippen LogP contribution in [0.15, 0.2) is 24.3 Å². The summed E-state index contributed by atoms with van der Waals surface area (Å²) in [6.45, 7) is 0. The predicted molar refractivity (Wildman–Crippen MR) is 82.2 cm³/mol. The smallest absolute Gasteiger partial charge is 0.339 e. The maximum absolute atomic E-state index is 12.1. The summed E-state index contributed by atoms with van der Waals surface area (Å²) >= 11 is 12.8. The molecule has 2 aromatic rings. The number of aromatic carboxylic acids is 1. The van der Waals surface area contributed by atoms with Crippen LogP contribution in [0.4, 0.5) is 5.69 Å². The lowest BCUT2D eigenvalue weighted by atomic mass is 10.1. The fourth-order valence-corrected chi connectivity index (χ4v) is 3.10. The topological polar surface area (TPSA) is 75.6 Å². The third kappa shape index (κ3) is 3.47. The number of carboxylic acid groups (broad SMARTS) is 1. The van der Waals surface area contributed by atoms with Crippen LogP contribution in [0.25, 0.3) is 0 Å². The molecule has 0 unspecified atom stereocenters. The average molecular weight is 346 g/mol. The highest BCUT2D eigenvalue weighted by Gasteiger charge is 2.16. The van der Waals surface area contributed by atoms with Gasteiger partial charge >= 0.3 is 5.97 Å². The summed E-state index contributed by atoms with van der Waals surface area (Å²) in [5.41, 5.74) is 0.653. The van der Waals surface area contributed by atoms with Crippen molar-refractivity contribution in [2.75, 3.05) is 12.4 Å². The minimum Gasteiger partial charge on any atom is -0.496 e.